The number of nitrogens with one attached hydrogen (secondary N) is 25. The summed E-state index contributed by atoms with van der Waals surface area (Å²) >= 11 is 1.24. The molecule has 0 fully saturated rings. The van der Waals surface area contributed by atoms with E-state index >= 15 is 0 Å². The Bertz CT molecular complexity index is 4050. The number of hydrogen-bond acceptors (Lipinski definition) is 28. The van der Waals surface area contributed by atoms with Gasteiger partial charge in [0.25, 0.3) is 0 Å². The average molecular weight is 1930 g/mol. The van der Waals surface area contributed by atoms with Crippen molar-refractivity contribution in [2.24, 2.45) is 57.5 Å². The van der Waals surface area contributed by atoms with Crippen molar-refractivity contribution in [3.8, 4) is 0 Å². The second kappa shape index (κ2) is 67.8. The molecule has 0 aliphatic rings. The van der Waals surface area contributed by atoms with Crippen molar-refractivity contribution in [3.05, 3.63) is 35.9 Å². The quantitative estimate of drug-likeness (QED) is 0.0164. The molecular weight excluding hydrogens is 1790 g/mol. The largest absolute Gasteiger partial charge is 0.480 e. The van der Waals surface area contributed by atoms with Crippen LogP contribution >= 0.6 is 11.8 Å². The predicted octanol–water partition coefficient (Wildman–Crippen LogP) is -12.2. The minimum atomic E-state index is -1.95. The van der Waals surface area contributed by atoms with Gasteiger partial charge in [0, 0.05) is 45.6 Å². The SMILES string of the molecule is CSCCC(NC(=O)C(CCC(N)=O)NC(=O)C(CO)NC(=O)C(CCCNC(=N)N)NC(=O)C(CCCCN)NC(=O)C(CCCNC(=N)N)NC(=O)C(CCCCN)NC(=O)CN)C(=O)NC(CC(C)C)C(=O)NC(Cc1ccccc1)C(=O)NC(CCCNC(=N)N)C(=O)NCC(=O)NC(CCCNC(=N)N)C(=O)NC(CCCNC(=N)N)C(=O)NC(C)C(=O)NC(CO)C(=O)O. The van der Waals surface area contributed by atoms with E-state index in [1.807, 2.05) is 0 Å². The summed E-state index contributed by atoms with van der Waals surface area (Å²) in [5.74, 6) is -19.5. The third-order valence-corrected chi connectivity index (χ3v) is 20.7. The lowest BCUT2D eigenvalue weighted by Crippen LogP contribution is -2.61. The zero-order valence-corrected chi connectivity index (χ0v) is 77.6. The van der Waals surface area contributed by atoms with Crippen molar-refractivity contribution in [1.29, 1.82) is 27.0 Å². The van der Waals surface area contributed by atoms with Gasteiger partial charge in [-0.3, -0.25) is 104 Å². The van der Waals surface area contributed by atoms with Crippen LogP contribution in [-0.2, 0) is 87.9 Å². The van der Waals surface area contributed by atoms with Gasteiger partial charge >= 0.3 is 5.97 Å². The molecule has 16 amide bonds. The lowest BCUT2D eigenvalue weighted by molar-refractivity contribution is -0.143. The molecular formula is C80H144N34O20S. The molecule has 1 aromatic rings. The third kappa shape index (κ3) is 52.7. The lowest BCUT2D eigenvalue weighted by atomic mass is 10.00. The smallest absolute Gasteiger partial charge is 0.328 e. The van der Waals surface area contributed by atoms with Crippen LogP contribution in [0.2, 0.25) is 0 Å². The first kappa shape index (κ1) is 120. The van der Waals surface area contributed by atoms with E-state index in [2.05, 4.69) is 106 Å². The average Bonchev–Trinajstić information content (AvgIpc) is 0.844. The van der Waals surface area contributed by atoms with Crippen molar-refractivity contribution in [3.63, 3.8) is 0 Å². The molecule has 55 heteroatoms. The molecule has 0 aromatic heterocycles. The van der Waals surface area contributed by atoms with E-state index in [0.717, 1.165) is 0 Å². The van der Waals surface area contributed by atoms with Crippen LogP contribution in [0, 0.1) is 33.0 Å². The first-order chi connectivity index (χ1) is 63.9. The number of carbonyl (C=O) groups is 17. The summed E-state index contributed by atoms with van der Waals surface area (Å²) in [4.78, 5) is 237. The predicted molar refractivity (Wildman–Crippen MR) is 499 cm³/mol. The first-order valence-corrected chi connectivity index (χ1v) is 45.6. The number of aliphatic hydroxyl groups excluding tert-OH is 2. The van der Waals surface area contributed by atoms with E-state index < -0.39 is 248 Å². The molecule has 46 N–H and O–H groups in total. The Kier molecular flexibility index (Phi) is 60.1. The van der Waals surface area contributed by atoms with Crippen LogP contribution in [0.25, 0.3) is 0 Å². The number of primary amides is 1. The van der Waals surface area contributed by atoms with Crippen LogP contribution in [-0.4, -0.2) is 314 Å². The van der Waals surface area contributed by atoms with E-state index in [1.54, 1.807) is 50.4 Å². The standard InChI is InChI=1S/C80H144N34O20S/c1-43(2)37-55(72(130)112-56(38-45-17-6-5-7-18-45)73(131)104-46(21-12-31-95-76(85)86)63(121)100-40-61(119)103-48(22-13-32-96-77(87)88)66(124)106-50(23-14-33-97-78(89)90)64(122)101-44(3)62(120)114-58(42-116)75(133)134)111-71(129)54(28-36-135-4)110-70(128)53(26-27-59(84)117)109-74(132)57(41-115)113-69(127)52(25-16-35-99-80(93)94)108-67(125)49(20-9-11-30-82)105-68(126)51(24-15-34-98-79(91)92)107-65(123)47(19-8-10-29-81)102-60(118)39-83/h5-7,17-18,43-44,46-58,115-116H,8-16,19-42,81-83H2,1-4H3,(H2,84,117)(H,100,121)(H,101,122)(H,102,118)(H,103,119)(H,104,131)(H,105,126)(H,106,124)(H,107,123)(H,108,125)(H,109,132)(H,110,128)(H,111,129)(H,112,130)(H,113,127)(H,114,120)(H,133,134)(H4,85,86,95)(H4,87,88,96)(H4,89,90,97)(H4,91,92,98)(H4,93,94,99). The van der Waals surface area contributed by atoms with Crippen molar-refractivity contribution in [1.82, 2.24) is 106 Å². The van der Waals surface area contributed by atoms with Gasteiger partial charge in [0.15, 0.2) is 29.8 Å². The summed E-state index contributed by atoms with van der Waals surface area (Å²) in [7, 11) is 0. The minimum Gasteiger partial charge on any atom is -0.480 e. The van der Waals surface area contributed by atoms with E-state index in [9.17, 15) is 96.8 Å². The molecule has 0 bridgehead atoms. The van der Waals surface area contributed by atoms with Crippen LogP contribution in [0.4, 0.5) is 0 Å². The molecule has 760 valence electrons. The van der Waals surface area contributed by atoms with Crippen molar-refractivity contribution < 1.29 is 96.8 Å². The number of guanidine groups is 5. The fourth-order valence-electron chi connectivity index (χ4n) is 12.9. The molecule has 0 radical (unpaired) electrons. The van der Waals surface area contributed by atoms with E-state index in [4.69, 9.17) is 78.6 Å². The molecule has 14 unspecified atom stereocenters. The molecule has 135 heavy (non-hydrogen) atoms. The maximum atomic E-state index is 14.9. The number of carbonyl (C=O) groups excluding carboxylic acids is 16. The highest BCUT2D eigenvalue weighted by Gasteiger charge is 2.38. The number of amides is 16. The van der Waals surface area contributed by atoms with Gasteiger partial charge in [0.1, 0.15) is 84.6 Å². The van der Waals surface area contributed by atoms with Gasteiger partial charge in [-0.2, -0.15) is 11.8 Å². The normalized spacial score (nSPS) is 14.0. The van der Waals surface area contributed by atoms with Gasteiger partial charge in [-0.05, 0) is 165 Å². The highest BCUT2D eigenvalue weighted by molar-refractivity contribution is 7.98. The maximum Gasteiger partial charge on any atom is 0.328 e. The second-order valence-electron chi connectivity index (χ2n) is 31.9. The topological polar surface area (TPSA) is 945 Å². The molecule has 0 spiro atoms. The number of nitrogens with two attached hydrogens (primary N) is 9. The Morgan fingerprint density at radius 2 is 0.630 bits per heavy atom. The van der Waals surface area contributed by atoms with Gasteiger partial charge in [-0.1, -0.05) is 44.2 Å². The van der Waals surface area contributed by atoms with Crippen molar-refractivity contribution in [2.75, 3.05) is 84.1 Å². The Morgan fingerprint density at radius 3 is 0.970 bits per heavy atom. The summed E-state index contributed by atoms with van der Waals surface area (Å²) in [6.45, 7) is 1.55. The van der Waals surface area contributed by atoms with E-state index in [-0.39, 0.29) is 166 Å². The number of carboxylic acid groups (broad SMARTS) is 1. The van der Waals surface area contributed by atoms with E-state index in [0.29, 0.717) is 24.8 Å². The monoisotopic (exact) mass is 1930 g/mol. The number of benzene rings is 1. The maximum absolute atomic E-state index is 14.9. The lowest BCUT2D eigenvalue weighted by Gasteiger charge is -2.28. The third-order valence-electron chi connectivity index (χ3n) is 20.1. The summed E-state index contributed by atoms with van der Waals surface area (Å²) in [6.07, 6.45) is 0.781. The molecule has 14 atom stereocenters. The molecule has 1 rings (SSSR count). The molecule has 1 aromatic carbocycles. The summed E-state index contributed by atoms with van der Waals surface area (Å²) in [5, 5.41) is 118. The Morgan fingerprint density at radius 1 is 0.333 bits per heavy atom. The molecule has 54 nitrogen and oxygen atoms in total. The Labute approximate surface area is 786 Å². The van der Waals surface area contributed by atoms with Gasteiger partial charge in [-0.15, -0.1) is 0 Å². The van der Waals surface area contributed by atoms with Crippen LogP contribution in [0.3, 0.4) is 0 Å². The second-order valence-corrected chi connectivity index (χ2v) is 32.8. The number of aliphatic hydroxyl groups is 2. The van der Waals surface area contributed by atoms with E-state index in [1.165, 1.54) is 18.7 Å². The zero-order valence-electron chi connectivity index (χ0n) is 76.8. The highest BCUT2D eigenvalue weighted by atomic mass is 32.2. The van der Waals surface area contributed by atoms with Gasteiger partial charge in [0.05, 0.1) is 26.3 Å². The molecule has 0 heterocycles. The molecule has 0 saturated carbocycles. The fraction of sp³-hybridized carbons (Fsp3) is 0.650. The van der Waals surface area contributed by atoms with Gasteiger partial charge in [-0.25, -0.2) is 4.79 Å². The molecule has 0 aliphatic heterocycles. The van der Waals surface area contributed by atoms with Crippen LogP contribution < -0.4 is 158 Å². The van der Waals surface area contributed by atoms with Crippen LogP contribution in [0.1, 0.15) is 155 Å². The number of thioether (sulfide) groups is 1. The van der Waals surface area contributed by atoms with Crippen LogP contribution in [0.5, 0.6) is 0 Å². The summed E-state index contributed by atoms with van der Waals surface area (Å²) in [6, 6.07) is -13.5. The number of unbranched alkanes of at least 4 members (excludes halogenated alkanes) is 2. The number of rotatable bonds is 71. The highest BCUT2D eigenvalue weighted by Crippen LogP contribution is 2.15. The molecule has 0 aliphatic carbocycles. The van der Waals surface area contributed by atoms with Gasteiger partial charge in [0.2, 0.25) is 94.5 Å². The number of carboxylic acids is 1. The van der Waals surface area contributed by atoms with Gasteiger partial charge < -0.3 is 173 Å². The number of hydrogen-bond donors (Lipinski definition) is 37. The minimum absolute atomic E-state index is 0.00180. The first-order valence-electron chi connectivity index (χ1n) is 44.2. The van der Waals surface area contributed by atoms with Crippen molar-refractivity contribution >= 4 is 142 Å². The Hall–Kier alpha value is -13.3. The molecule has 0 saturated heterocycles. The zero-order chi connectivity index (χ0) is 102. The Balaban J connectivity index is 3.85. The fourth-order valence-corrected chi connectivity index (χ4v) is 13.4. The summed E-state index contributed by atoms with van der Waals surface area (Å²) in [5.41, 5.74) is 50.5. The van der Waals surface area contributed by atoms with Crippen molar-refractivity contribution in [2.45, 2.75) is 240 Å². The van der Waals surface area contributed by atoms with Crippen LogP contribution in [0.15, 0.2) is 30.3 Å². The summed E-state index contributed by atoms with van der Waals surface area (Å²) < 4.78 is 0. The number of aliphatic carboxylic acids is 1.